The number of nitrogens with one attached hydrogen (secondary N) is 1. The first kappa shape index (κ1) is 10.9. The molecule has 0 aromatic carbocycles. The quantitative estimate of drug-likeness (QED) is 0.491. The predicted molar refractivity (Wildman–Crippen MR) is 51.1 cm³/mol. The van der Waals surface area contributed by atoms with Gasteiger partial charge in [-0.2, -0.15) is 0 Å². The number of methoxy groups -OCH3 is 1. The summed E-state index contributed by atoms with van der Waals surface area (Å²) in [5.41, 5.74) is 2.82. The summed E-state index contributed by atoms with van der Waals surface area (Å²) in [4.78, 5) is 0. The van der Waals surface area contributed by atoms with Crippen molar-refractivity contribution >= 4 is 0 Å². The van der Waals surface area contributed by atoms with E-state index < -0.39 is 0 Å². The summed E-state index contributed by atoms with van der Waals surface area (Å²) in [6.45, 7) is 3.71. The predicted octanol–water partition coefficient (Wildman–Crippen LogP) is 0.280. The van der Waals surface area contributed by atoms with Crippen molar-refractivity contribution in [1.82, 2.24) is 5.43 Å². The van der Waals surface area contributed by atoms with Gasteiger partial charge in [0.25, 0.3) is 0 Å². The van der Waals surface area contributed by atoms with E-state index in [9.17, 15) is 0 Å². The molecule has 13 heavy (non-hydrogen) atoms. The number of hydrazine groups is 1. The Hall–Kier alpha value is -0.160. The smallest absolute Gasteiger partial charge is 0.0713 e. The minimum atomic E-state index is 0.136. The lowest BCUT2D eigenvalue weighted by atomic mass is 9.91. The third kappa shape index (κ3) is 2.91. The van der Waals surface area contributed by atoms with Crippen LogP contribution in [0.3, 0.4) is 0 Å². The molecule has 0 aromatic rings. The van der Waals surface area contributed by atoms with Crippen molar-refractivity contribution in [2.75, 3.05) is 20.3 Å². The topological polar surface area (TPSA) is 56.5 Å². The number of hydrogen-bond donors (Lipinski definition) is 2. The van der Waals surface area contributed by atoms with Crippen LogP contribution >= 0.6 is 0 Å². The monoisotopic (exact) mass is 188 g/mol. The zero-order chi connectivity index (χ0) is 9.68. The van der Waals surface area contributed by atoms with Gasteiger partial charge in [0, 0.05) is 19.6 Å². The SMILES string of the molecule is COC(C)C(NN)C1CCCOC1. The summed E-state index contributed by atoms with van der Waals surface area (Å²) in [6.07, 6.45) is 2.43. The molecular weight excluding hydrogens is 168 g/mol. The first-order valence-corrected chi connectivity index (χ1v) is 4.86. The average Bonchev–Trinajstić information content (AvgIpc) is 2.20. The molecule has 1 aliphatic heterocycles. The Morgan fingerprint density at radius 3 is 2.85 bits per heavy atom. The average molecular weight is 188 g/mol. The molecule has 0 bridgehead atoms. The Bertz CT molecular complexity index is 138. The molecule has 1 saturated heterocycles. The standard InChI is InChI=1S/C9H20N2O2/c1-7(12-2)9(11-10)8-4-3-5-13-6-8/h7-9,11H,3-6,10H2,1-2H3. The van der Waals surface area contributed by atoms with Crippen LogP contribution in [0, 0.1) is 5.92 Å². The molecule has 0 saturated carbocycles. The molecule has 78 valence electrons. The summed E-state index contributed by atoms with van der Waals surface area (Å²) in [5.74, 6) is 5.97. The Morgan fingerprint density at radius 2 is 2.38 bits per heavy atom. The van der Waals surface area contributed by atoms with Gasteiger partial charge in [-0.1, -0.05) is 0 Å². The third-order valence-corrected chi connectivity index (χ3v) is 2.77. The highest BCUT2D eigenvalue weighted by molar-refractivity contribution is 4.81. The number of ether oxygens (including phenoxy) is 2. The van der Waals surface area contributed by atoms with Crippen LogP contribution in [0.4, 0.5) is 0 Å². The second-order valence-corrected chi connectivity index (χ2v) is 3.61. The zero-order valence-electron chi connectivity index (χ0n) is 8.45. The lowest BCUT2D eigenvalue weighted by molar-refractivity contribution is -0.00308. The van der Waals surface area contributed by atoms with Gasteiger partial charge in [-0.3, -0.25) is 11.3 Å². The van der Waals surface area contributed by atoms with E-state index >= 15 is 0 Å². The maximum Gasteiger partial charge on any atom is 0.0713 e. The molecule has 0 aromatic heterocycles. The lowest BCUT2D eigenvalue weighted by Crippen LogP contribution is -2.50. The highest BCUT2D eigenvalue weighted by Gasteiger charge is 2.27. The van der Waals surface area contributed by atoms with E-state index in [1.165, 1.54) is 6.42 Å². The van der Waals surface area contributed by atoms with Gasteiger partial charge in [-0.25, -0.2) is 0 Å². The molecule has 4 heteroatoms. The Labute approximate surface area is 79.7 Å². The molecule has 1 aliphatic rings. The first-order chi connectivity index (χ1) is 6.29. The minimum Gasteiger partial charge on any atom is -0.381 e. The van der Waals surface area contributed by atoms with Crippen molar-refractivity contribution < 1.29 is 9.47 Å². The normalized spacial score (nSPS) is 28.4. The van der Waals surface area contributed by atoms with Crippen molar-refractivity contribution in [3.63, 3.8) is 0 Å². The van der Waals surface area contributed by atoms with Crippen LogP contribution in [0.5, 0.6) is 0 Å². The molecule has 3 atom stereocenters. The van der Waals surface area contributed by atoms with Crippen molar-refractivity contribution in [3.8, 4) is 0 Å². The van der Waals surface area contributed by atoms with Gasteiger partial charge < -0.3 is 9.47 Å². The van der Waals surface area contributed by atoms with Gasteiger partial charge in [0.1, 0.15) is 0 Å². The van der Waals surface area contributed by atoms with Crippen LogP contribution in [0.1, 0.15) is 19.8 Å². The van der Waals surface area contributed by atoms with Gasteiger partial charge in [-0.15, -0.1) is 0 Å². The molecule has 0 aliphatic carbocycles. The van der Waals surface area contributed by atoms with Gasteiger partial charge in [0.2, 0.25) is 0 Å². The van der Waals surface area contributed by atoms with Gasteiger partial charge >= 0.3 is 0 Å². The van der Waals surface area contributed by atoms with Gasteiger partial charge in [0.05, 0.1) is 18.8 Å². The Morgan fingerprint density at radius 1 is 1.62 bits per heavy atom. The first-order valence-electron chi connectivity index (χ1n) is 4.86. The number of rotatable bonds is 4. The molecular formula is C9H20N2O2. The molecule has 1 rings (SSSR count). The van der Waals surface area contributed by atoms with Crippen molar-refractivity contribution in [3.05, 3.63) is 0 Å². The fraction of sp³-hybridized carbons (Fsp3) is 1.00. The summed E-state index contributed by atoms with van der Waals surface area (Å²) in [6, 6.07) is 0.199. The summed E-state index contributed by atoms with van der Waals surface area (Å²) < 4.78 is 10.7. The maximum absolute atomic E-state index is 5.49. The summed E-state index contributed by atoms with van der Waals surface area (Å²) in [7, 11) is 1.71. The molecule has 3 N–H and O–H groups in total. The molecule has 0 radical (unpaired) electrons. The van der Waals surface area contributed by atoms with Crippen molar-refractivity contribution in [1.29, 1.82) is 0 Å². The molecule has 1 fully saturated rings. The fourth-order valence-electron chi connectivity index (χ4n) is 1.85. The fourth-order valence-corrected chi connectivity index (χ4v) is 1.85. The van der Waals surface area contributed by atoms with Crippen molar-refractivity contribution in [2.24, 2.45) is 11.8 Å². The van der Waals surface area contributed by atoms with Crippen molar-refractivity contribution in [2.45, 2.75) is 31.9 Å². The van der Waals surface area contributed by atoms with Crippen LogP contribution in [0.2, 0.25) is 0 Å². The maximum atomic E-state index is 5.49. The number of nitrogens with two attached hydrogens (primary N) is 1. The summed E-state index contributed by atoms with van der Waals surface area (Å²) >= 11 is 0. The molecule has 0 amide bonds. The Kier molecular flexibility index (Phi) is 4.66. The van der Waals surface area contributed by atoms with E-state index in [-0.39, 0.29) is 12.1 Å². The number of hydrogen-bond acceptors (Lipinski definition) is 4. The lowest BCUT2D eigenvalue weighted by Gasteiger charge is -2.32. The van der Waals surface area contributed by atoms with E-state index in [1.54, 1.807) is 7.11 Å². The Balaban J connectivity index is 2.43. The van der Waals surface area contributed by atoms with E-state index in [0.29, 0.717) is 5.92 Å². The highest BCUT2D eigenvalue weighted by Crippen LogP contribution is 2.19. The molecule has 4 nitrogen and oxygen atoms in total. The third-order valence-electron chi connectivity index (χ3n) is 2.77. The van der Waals surface area contributed by atoms with E-state index in [4.69, 9.17) is 15.3 Å². The second-order valence-electron chi connectivity index (χ2n) is 3.61. The highest BCUT2D eigenvalue weighted by atomic mass is 16.5. The molecule has 0 spiro atoms. The molecule has 1 heterocycles. The largest absolute Gasteiger partial charge is 0.381 e. The van der Waals surface area contributed by atoms with Gasteiger partial charge in [-0.05, 0) is 19.8 Å². The van der Waals surface area contributed by atoms with E-state index in [1.807, 2.05) is 6.92 Å². The molecule has 3 unspecified atom stereocenters. The second kappa shape index (κ2) is 5.54. The summed E-state index contributed by atoms with van der Waals surface area (Å²) in [5, 5.41) is 0. The van der Waals surface area contributed by atoms with Crippen LogP contribution in [0.15, 0.2) is 0 Å². The van der Waals surface area contributed by atoms with Gasteiger partial charge in [0.15, 0.2) is 0 Å². The van der Waals surface area contributed by atoms with E-state index in [2.05, 4.69) is 5.43 Å². The zero-order valence-corrected chi connectivity index (χ0v) is 8.45. The minimum absolute atomic E-state index is 0.136. The van der Waals surface area contributed by atoms with Crippen LogP contribution in [-0.4, -0.2) is 32.5 Å². The van der Waals surface area contributed by atoms with Crippen LogP contribution in [-0.2, 0) is 9.47 Å². The van der Waals surface area contributed by atoms with Crippen LogP contribution < -0.4 is 11.3 Å². The van der Waals surface area contributed by atoms with E-state index in [0.717, 1.165) is 19.6 Å². The van der Waals surface area contributed by atoms with Crippen LogP contribution in [0.25, 0.3) is 0 Å².